The Hall–Kier alpha value is -1.18. The molecule has 0 spiro atoms. The fourth-order valence-electron chi connectivity index (χ4n) is 7.79. The predicted molar refractivity (Wildman–Crippen MR) is 180 cm³/mol. The van der Waals surface area contributed by atoms with Gasteiger partial charge < -0.3 is 29.0 Å². The average Bonchev–Trinajstić information content (AvgIpc) is 3.00. The zero-order chi connectivity index (χ0) is 34.6. The number of likely N-dealkylation sites (N-methyl/N-ethyl adjacent to an activating group) is 2. The first-order valence-electron chi connectivity index (χ1n) is 17.6. The number of methoxy groups -OCH3 is 1. The van der Waals surface area contributed by atoms with Crippen LogP contribution < -0.4 is 0 Å². The van der Waals surface area contributed by atoms with E-state index in [4.69, 9.17) is 18.9 Å². The van der Waals surface area contributed by atoms with Gasteiger partial charge in [0.2, 0.25) is 0 Å². The summed E-state index contributed by atoms with van der Waals surface area (Å²) in [6, 6.07) is 0.344. The number of carbonyl (C=O) groups is 2. The first-order valence-corrected chi connectivity index (χ1v) is 17.6. The van der Waals surface area contributed by atoms with Crippen molar-refractivity contribution in [1.82, 2.24) is 19.6 Å². The monoisotopic (exact) mass is 654 g/mol. The van der Waals surface area contributed by atoms with Gasteiger partial charge in [0.15, 0.2) is 12.1 Å². The third kappa shape index (κ3) is 9.28. The lowest BCUT2D eigenvalue weighted by atomic mass is 9.74. The molecule has 268 valence electrons. The van der Waals surface area contributed by atoms with E-state index in [9.17, 15) is 14.7 Å². The number of ether oxygens (including phenoxy) is 4. The first-order chi connectivity index (χ1) is 21.4. The number of Topliss-reactive ketones (excluding diaryl/α,β-unsaturated/α-hetero) is 1. The number of rotatable bonds is 8. The van der Waals surface area contributed by atoms with E-state index in [1.54, 1.807) is 27.9 Å². The van der Waals surface area contributed by atoms with E-state index in [1.807, 2.05) is 32.8 Å². The zero-order valence-corrected chi connectivity index (χ0v) is 31.0. The Morgan fingerprint density at radius 1 is 1.07 bits per heavy atom. The molecule has 0 aromatic heterocycles. The average molecular weight is 655 g/mol. The van der Waals surface area contributed by atoms with Crippen molar-refractivity contribution in [3.63, 3.8) is 0 Å². The van der Waals surface area contributed by atoms with Crippen molar-refractivity contribution in [1.29, 1.82) is 0 Å². The summed E-state index contributed by atoms with van der Waals surface area (Å²) in [5, 5.41) is 11.4. The van der Waals surface area contributed by atoms with Crippen LogP contribution >= 0.6 is 0 Å². The first kappa shape index (κ1) is 39.3. The van der Waals surface area contributed by atoms with Crippen molar-refractivity contribution in [3.05, 3.63) is 0 Å². The van der Waals surface area contributed by atoms with Crippen molar-refractivity contribution in [2.75, 3.05) is 73.6 Å². The van der Waals surface area contributed by atoms with Gasteiger partial charge in [-0.1, -0.05) is 20.8 Å². The second-order valence-electron chi connectivity index (χ2n) is 15.5. The Balaban J connectivity index is 1.95. The summed E-state index contributed by atoms with van der Waals surface area (Å²) in [5.74, 6) is -1.40. The number of aliphatic hydroxyl groups is 1. The number of hydrogen-bond acceptors (Lipinski definition) is 11. The highest BCUT2D eigenvalue weighted by molar-refractivity contribution is 6.04. The van der Waals surface area contributed by atoms with Gasteiger partial charge in [-0.15, -0.1) is 0 Å². The van der Waals surface area contributed by atoms with Gasteiger partial charge in [-0.2, -0.15) is 0 Å². The molecule has 9 atom stereocenters. The van der Waals surface area contributed by atoms with E-state index < -0.39 is 41.4 Å². The van der Waals surface area contributed by atoms with Crippen LogP contribution in [-0.2, 0) is 28.5 Å². The second kappa shape index (κ2) is 16.5. The zero-order valence-electron chi connectivity index (χ0n) is 31.0. The molecule has 46 heavy (non-hydrogen) atoms. The Kier molecular flexibility index (Phi) is 14.1. The van der Waals surface area contributed by atoms with E-state index in [0.717, 1.165) is 45.8 Å². The summed E-state index contributed by atoms with van der Waals surface area (Å²) in [7, 11) is 5.52. The lowest BCUT2D eigenvalue weighted by molar-refractivity contribution is -0.295. The van der Waals surface area contributed by atoms with Crippen LogP contribution in [0.15, 0.2) is 0 Å². The number of cyclic esters (lactones) is 1. The second-order valence-corrected chi connectivity index (χ2v) is 15.5. The van der Waals surface area contributed by atoms with Crippen molar-refractivity contribution in [2.45, 2.75) is 123 Å². The maximum atomic E-state index is 14.3. The summed E-state index contributed by atoms with van der Waals surface area (Å²) in [5.41, 5.74) is -2.33. The smallest absolute Gasteiger partial charge is 0.319 e. The minimum Gasteiger partial charge on any atom is -0.463 e. The number of esters is 1. The number of ketones is 1. The Morgan fingerprint density at radius 3 is 2.24 bits per heavy atom. The molecule has 0 aromatic rings. The number of nitrogens with zero attached hydrogens (tertiary/aromatic N) is 4. The summed E-state index contributed by atoms with van der Waals surface area (Å²) in [6.45, 7) is 24.4. The van der Waals surface area contributed by atoms with Gasteiger partial charge in [0.1, 0.15) is 18.1 Å². The van der Waals surface area contributed by atoms with Gasteiger partial charge in [-0.3, -0.25) is 24.3 Å². The van der Waals surface area contributed by atoms with Gasteiger partial charge in [-0.05, 0) is 80.9 Å². The van der Waals surface area contributed by atoms with E-state index in [0.29, 0.717) is 18.9 Å². The summed E-state index contributed by atoms with van der Waals surface area (Å²) in [6.07, 6.45) is -1.56. The molecule has 0 saturated carbocycles. The molecule has 0 unspecified atom stereocenters. The Bertz CT molecular complexity index is 988. The third-order valence-corrected chi connectivity index (χ3v) is 10.9. The van der Waals surface area contributed by atoms with Gasteiger partial charge >= 0.3 is 5.97 Å². The van der Waals surface area contributed by atoms with Crippen molar-refractivity contribution >= 4 is 11.8 Å². The molecule has 3 rings (SSSR count). The van der Waals surface area contributed by atoms with Gasteiger partial charge in [-0.25, -0.2) is 0 Å². The van der Waals surface area contributed by atoms with E-state index in [1.165, 1.54) is 0 Å². The van der Waals surface area contributed by atoms with E-state index >= 15 is 0 Å². The van der Waals surface area contributed by atoms with Crippen LogP contribution in [0.5, 0.6) is 0 Å². The van der Waals surface area contributed by atoms with E-state index in [-0.39, 0.29) is 36.5 Å². The molecule has 3 aliphatic rings. The molecular weight excluding hydrogens is 588 g/mol. The highest BCUT2D eigenvalue weighted by Crippen LogP contribution is 2.38. The number of hydrogen-bond donors (Lipinski definition) is 1. The molecule has 0 radical (unpaired) electrons. The van der Waals surface area contributed by atoms with Gasteiger partial charge in [0.05, 0.1) is 23.9 Å². The molecule has 3 fully saturated rings. The standard InChI is InChI=1S/C35H66N4O7/c1-13-38-20-24(4)19-35(9,43-12)31(46-32-29(40)28(36(10)11)18-25(5)45-32)26(6)30(41)34(7,8)33(42)44-22-27(38)21-37-14-16-39(17-15-37)23(2)3/h23-29,31-32,40H,13-22H2,1-12H3/t24-,25-,26+,27+,28+,29-,31-,32+,35-/m1/s1. The summed E-state index contributed by atoms with van der Waals surface area (Å²) in [4.78, 5) is 37.4. The number of carbonyl (C=O) groups excluding carboxylic acids is 2. The molecule has 11 nitrogen and oxygen atoms in total. The van der Waals surface area contributed by atoms with Gasteiger partial charge in [0, 0.05) is 64.4 Å². The molecule has 11 heteroatoms. The Morgan fingerprint density at radius 2 is 1.70 bits per heavy atom. The van der Waals surface area contributed by atoms with Crippen LogP contribution in [0.3, 0.4) is 0 Å². The lowest BCUT2D eigenvalue weighted by Crippen LogP contribution is -2.59. The third-order valence-electron chi connectivity index (χ3n) is 10.9. The van der Waals surface area contributed by atoms with Crippen LogP contribution in [0.25, 0.3) is 0 Å². The van der Waals surface area contributed by atoms with Gasteiger partial charge in [0.25, 0.3) is 0 Å². The normalized spacial score (nSPS) is 38.3. The highest BCUT2D eigenvalue weighted by atomic mass is 16.7. The van der Waals surface area contributed by atoms with Crippen LogP contribution in [0, 0.1) is 17.3 Å². The largest absolute Gasteiger partial charge is 0.463 e. The molecule has 0 bridgehead atoms. The summed E-state index contributed by atoms with van der Waals surface area (Å²) < 4.78 is 25.1. The lowest BCUT2D eigenvalue weighted by Gasteiger charge is -2.47. The van der Waals surface area contributed by atoms with Crippen LogP contribution in [0.1, 0.15) is 75.2 Å². The van der Waals surface area contributed by atoms with Crippen LogP contribution in [-0.4, -0.2) is 158 Å². The summed E-state index contributed by atoms with van der Waals surface area (Å²) >= 11 is 0. The molecule has 0 amide bonds. The van der Waals surface area contributed by atoms with Crippen molar-refractivity contribution < 1.29 is 33.6 Å². The quantitative estimate of drug-likeness (QED) is 0.309. The van der Waals surface area contributed by atoms with Crippen molar-refractivity contribution in [2.24, 2.45) is 17.3 Å². The maximum Gasteiger partial charge on any atom is 0.319 e. The van der Waals surface area contributed by atoms with Crippen LogP contribution in [0.2, 0.25) is 0 Å². The number of aliphatic hydroxyl groups excluding tert-OH is 1. The fourth-order valence-corrected chi connectivity index (χ4v) is 7.79. The van der Waals surface area contributed by atoms with Crippen molar-refractivity contribution in [3.8, 4) is 0 Å². The molecule has 3 heterocycles. The molecule has 3 aliphatic heterocycles. The SMILES string of the molecule is CCN1C[C@H](C)C[C@@](C)(OC)[C@H](O[C@@H]2O[C@H](C)C[C@H](N(C)C)[C@H]2O)[C@@H](C)C(=O)C(C)(C)C(=O)OC[C@@H]1CN1CCN(C(C)C)CC1. The van der Waals surface area contributed by atoms with Crippen LogP contribution in [0.4, 0.5) is 0 Å². The topological polar surface area (TPSA) is 104 Å². The maximum absolute atomic E-state index is 14.3. The minimum absolute atomic E-state index is 0.0119. The molecular formula is C35H66N4O7. The molecule has 3 saturated heterocycles. The Labute approximate surface area is 279 Å². The molecule has 1 N–H and O–H groups in total. The highest BCUT2D eigenvalue weighted by Gasteiger charge is 2.51. The predicted octanol–water partition coefficient (Wildman–Crippen LogP) is 2.73. The van der Waals surface area contributed by atoms with E-state index in [2.05, 4.69) is 42.4 Å². The fraction of sp³-hybridized carbons (Fsp3) is 0.943. The molecule has 0 aromatic carbocycles. The molecule has 0 aliphatic carbocycles. The number of piperazine rings is 1. The minimum atomic E-state index is -1.41.